The number of halogens is 1. The van der Waals surface area contributed by atoms with Crippen LogP contribution in [0.4, 0.5) is 4.39 Å². The zero-order valence-electron chi connectivity index (χ0n) is 8.90. The van der Waals surface area contributed by atoms with Crippen LogP contribution >= 0.6 is 0 Å². The van der Waals surface area contributed by atoms with Gasteiger partial charge in [0.05, 0.1) is 5.39 Å². The van der Waals surface area contributed by atoms with E-state index in [1.165, 1.54) is 16.7 Å². The summed E-state index contributed by atoms with van der Waals surface area (Å²) in [4.78, 5) is 16.0. The number of hydrogen-bond donors (Lipinski definition) is 1. The van der Waals surface area contributed by atoms with E-state index in [-0.39, 0.29) is 11.1 Å². The van der Waals surface area contributed by atoms with Gasteiger partial charge in [-0.2, -0.15) is 0 Å². The molecule has 4 nitrogen and oxygen atoms in total. The number of para-hydroxylation sites is 1. The number of nitrogens with zero attached hydrogens (tertiary/aromatic N) is 2. The quantitative estimate of drug-likeness (QED) is 0.806. The molecule has 1 aromatic heterocycles. The first-order valence-electron chi connectivity index (χ1n) is 4.99. The molecule has 2 N–H and O–H groups in total. The summed E-state index contributed by atoms with van der Waals surface area (Å²) in [6.45, 7) is 0.375. The van der Waals surface area contributed by atoms with Crippen LogP contribution in [0.15, 0.2) is 23.0 Å². The van der Waals surface area contributed by atoms with Gasteiger partial charge in [0, 0.05) is 13.5 Å². The molecule has 0 unspecified atom stereocenters. The van der Waals surface area contributed by atoms with Crippen LogP contribution in [0.25, 0.3) is 10.9 Å². The molecule has 0 saturated heterocycles. The van der Waals surface area contributed by atoms with Crippen LogP contribution in [-0.4, -0.2) is 16.1 Å². The van der Waals surface area contributed by atoms with E-state index in [4.69, 9.17) is 5.73 Å². The molecule has 16 heavy (non-hydrogen) atoms. The van der Waals surface area contributed by atoms with E-state index in [0.29, 0.717) is 24.2 Å². The van der Waals surface area contributed by atoms with E-state index in [1.54, 1.807) is 13.1 Å². The normalized spacial score (nSPS) is 10.9. The molecule has 0 aliphatic rings. The minimum atomic E-state index is -0.478. The van der Waals surface area contributed by atoms with Gasteiger partial charge in [-0.05, 0) is 18.7 Å². The van der Waals surface area contributed by atoms with Crippen molar-refractivity contribution >= 4 is 10.9 Å². The van der Waals surface area contributed by atoms with Crippen LogP contribution in [0.1, 0.15) is 5.82 Å². The maximum absolute atomic E-state index is 13.5. The number of hydrogen-bond acceptors (Lipinski definition) is 3. The highest BCUT2D eigenvalue weighted by Gasteiger charge is 2.10. The Balaban J connectivity index is 2.84. The summed E-state index contributed by atoms with van der Waals surface area (Å²) in [6, 6.07) is 4.37. The predicted octanol–water partition coefficient (Wildman–Crippen LogP) is 0.574. The molecule has 0 saturated carbocycles. The number of aromatic nitrogens is 2. The molecule has 84 valence electrons. The second-order valence-corrected chi connectivity index (χ2v) is 3.57. The van der Waals surface area contributed by atoms with E-state index in [1.807, 2.05) is 0 Å². The maximum Gasteiger partial charge on any atom is 0.261 e. The number of fused-ring (bicyclic) bond motifs is 1. The van der Waals surface area contributed by atoms with Gasteiger partial charge in [-0.25, -0.2) is 9.37 Å². The molecule has 1 heterocycles. The van der Waals surface area contributed by atoms with Gasteiger partial charge in [0.15, 0.2) is 0 Å². The van der Waals surface area contributed by atoms with Crippen molar-refractivity contribution in [3.05, 3.63) is 40.2 Å². The molecule has 2 rings (SSSR count). The lowest BCUT2D eigenvalue weighted by atomic mass is 10.2. The highest BCUT2D eigenvalue weighted by Crippen LogP contribution is 2.12. The third-order valence-corrected chi connectivity index (χ3v) is 2.52. The Morgan fingerprint density at radius 3 is 2.94 bits per heavy atom. The van der Waals surface area contributed by atoms with Crippen molar-refractivity contribution < 1.29 is 4.39 Å². The molecule has 0 aliphatic carbocycles. The van der Waals surface area contributed by atoms with Gasteiger partial charge in [0.25, 0.3) is 5.56 Å². The van der Waals surface area contributed by atoms with Gasteiger partial charge in [0.1, 0.15) is 17.2 Å². The Labute approximate surface area is 91.5 Å². The predicted molar refractivity (Wildman–Crippen MR) is 59.7 cm³/mol. The third-order valence-electron chi connectivity index (χ3n) is 2.52. The summed E-state index contributed by atoms with van der Waals surface area (Å²) in [5.74, 6) is 0.0265. The summed E-state index contributed by atoms with van der Waals surface area (Å²) < 4.78 is 14.9. The topological polar surface area (TPSA) is 60.9 Å². The van der Waals surface area contributed by atoms with E-state index in [2.05, 4.69) is 4.98 Å². The highest BCUT2D eigenvalue weighted by atomic mass is 19.1. The second-order valence-electron chi connectivity index (χ2n) is 3.57. The van der Waals surface area contributed by atoms with E-state index in [9.17, 15) is 9.18 Å². The van der Waals surface area contributed by atoms with E-state index < -0.39 is 5.82 Å². The zero-order valence-corrected chi connectivity index (χ0v) is 8.90. The van der Waals surface area contributed by atoms with Crippen LogP contribution in [-0.2, 0) is 13.5 Å². The summed E-state index contributed by atoms with van der Waals surface area (Å²) in [5.41, 5.74) is 5.29. The van der Waals surface area contributed by atoms with Crippen molar-refractivity contribution in [1.82, 2.24) is 9.55 Å². The van der Waals surface area contributed by atoms with Crippen LogP contribution in [0, 0.1) is 5.82 Å². The Morgan fingerprint density at radius 1 is 1.50 bits per heavy atom. The van der Waals surface area contributed by atoms with E-state index in [0.717, 1.165) is 0 Å². The monoisotopic (exact) mass is 221 g/mol. The summed E-state index contributed by atoms with van der Waals surface area (Å²) in [5, 5.41) is 0.295. The molecule has 0 radical (unpaired) electrons. The molecule has 5 heteroatoms. The van der Waals surface area contributed by atoms with Gasteiger partial charge in [-0.15, -0.1) is 0 Å². The largest absolute Gasteiger partial charge is 0.330 e. The molecule has 0 atom stereocenters. The molecule has 0 amide bonds. The maximum atomic E-state index is 13.5. The Bertz CT molecular complexity index is 592. The first kappa shape index (κ1) is 10.8. The molecule has 1 aromatic carbocycles. The summed E-state index contributed by atoms with van der Waals surface area (Å²) in [7, 11) is 1.62. The summed E-state index contributed by atoms with van der Waals surface area (Å²) >= 11 is 0. The smallest absolute Gasteiger partial charge is 0.261 e. The van der Waals surface area contributed by atoms with Crippen LogP contribution in [0.5, 0.6) is 0 Å². The van der Waals surface area contributed by atoms with Crippen molar-refractivity contribution in [2.24, 2.45) is 12.8 Å². The molecular weight excluding hydrogens is 209 g/mol. The molecule has 2 aromatic rings. The lowest BCUT2D eigenvalue weighted by molar-refractivity contribution is 0.632. The first-order valence-corrected chi connectivity index (χ1v) is 4.99. The van der Waals surface area contributed by atoms with Gasteiger partial charge in [0.2, 0.25) is 0 Å². The number of nitrogens with two attached hydrogens (primary N) is 1. The number of benzene rings is 1. The van der Waals surface area contributed by atoms with E-state index >= 15 is 0 Å². The number of rotatable bonds is 2. The van der Waals surface area contributed by atoms with Crippen molar-refractivity contribution in [1.29, 1.82) is 0 Å². The molecular formula is C11H12FN3O. The van der Waals surface area contributed by atoms with Crippen molar-refractivity contribution in [3.8, 4) is 0 Å². The van der Waals surface area contributed by atoms with Crippen LogP contribution in [0.2, 0.25) is 0 Å². The highest BCUT2D eigenvalue weighted by molar-refractivity contribution is 5.78. The second kappa shape index (κ2) is 4.02. The van der Waals surface area contributed by atoms with Crippen LogP contribution in [0.3, 0.4) is 0 Å². The zero-order chi connectivity index (χ0) is 11.7. The molecule has 0 bridgehead atoms. The average molecular weight is 221 g/mol. The van der Waals surface area contributed by atoms with Crippen molar-refractivity contribution in [2.45, 2.75) is 6.42 Å². The average Bonchev–Trinajstić information content (AvgIpc) is 2.27. The fourth-order valence-corrected chi connectivity index (χ4v) is 1.66. The first-order chi connectivity index (χ1) is 7.65. The Morgan fingerprint density at radius 2 is 2.25 bits per heavy atom. The fraction of sp³-hybridized carbons (Fsp3) is 0.273. The van der Waals surface area contributed by atoms with Crippen molar-refractivity contribution in [2.75, 3.05) is 6.54 Å². The molecule has 0 fully saturated rings. The minimum Gasteiger partial charge on any atom is -0.330 e. The minimum absolute atomic E-state index is 0.119. The van der Waals surface area contributed by atoms with Crippen LogP contribution < -0.4 is 11.3 Å². The van der Waals surface area contributed by atoms with Gasteiger partial charge >= 0.3 is 0 Å². The standard InChI is InChI=1S/C11H12FN3O/c1-15-9(5-6-13)14-10-7(11(15)16)3-2-4-8(10)12/h2-4H,5-6,13H2,1H3. The summed E-state index contributed by atoms with van der Waals surface area (Å²) in [6.07, 6.45) is 0.454. The lowest BCUT2D eigenvalue weighted by Gasteiger charge is -2.08. The van der Waals surface area contributed by atoms with Gasteiger partial charge in [-0.3, -0.25) is 9.36 Å². The fourth-order valence-electron chi connectivity index (χ4n) is 1.66. The van der Waals surface area contributed by atoms with Crippen molar-refractivity contribution in [3.63, 3.8) is 0 Å². The SMILES string of the molecule is Cn1c(CCN)nc2c(F)cccc2c1=O. The third kappa shape index (κ3) is 1.59. The Hall–Kier alpha value is -1.75. The van der Waals surface area contributed by atoms with Gasteiger partial charge < -0.3 is 5.73 Å². The lowest BCUT2D eigenvalue weighted by Crippen LogP contribution is -2.24. The Kier molecular flexibility index (Phi) is 2.70. The van der Waals surface area contributed by atoms with Gasteiger partial charge in [-0.1, -0.05) is 6.07 Å². The molecule has 0 spiro atoms. The molecule has 0 aliphatic heterocycles.